The molecular weight excluding hydrogens is 697 g/mol. The molecule has 2 aromatic carbocycles. The third-order valence-corrected chi connectivity index (χ3v) is 9.44. The average Bonchev–Trinajstić information content (AvgIpc) is 3.54. The first-order valence-electron chi connectivity index (χ1n) is 15.5. The number of rotatable bonds is 19. The van der Waals surface area contributed by atoms with E-state index in [4.69, 9.17) is 9.15 Å². The quantitative estimate of drug-likeness (QED) is 0.0755. The lowest BCUT2D eigenvalue weighted by molar-refractivity contribution is -0.116. The number of unbranched alkanes of at least 4 members (excludes halogenated alkanes) is 10. The SMILES string of the molecule is O=C(NCc1ccco1)c1ccc2c(c1)SCC(=O)N2Cc1c(F)cc(OCCCCCCCCCCCCCI)cc1F. The molecule has 10 heteroatoms. The average molecular weight is 739 g/mol. The molecule has 1 aliphatic heterocycles. The molecule has 4 rings (SSSR count). The van der Waals surface area contributed by atoms with Gasteiger partial charge < -0.3 is 19.4 Å². The number of nitrogens with zero attached hydrogens (tertiary/aromatic N) is 1. The first kappa shape index (κ1) is 34.3. The second-order valence-corrected chi connectivity index (χ2v) is 13.1. The van der Waals surface area contributed by atoms with Gasteiger partial charge in [0.15, 0.2) is 0 Å². The monoisotopic (exact) mass is 738 g/mol. The first-order valence-corrected chi connectivity index (χ1v) is 18.0. The number of hydrogen-bond donors (Lipinski definition) is 1. The van der Waals surface area contributed by atoms with E-state index in [1.165, 1.54) is 90.9 Å². The minimum atomic E-state index is -0.754. The Hall–Kier alpha value is -2.60. The number of anilines is 1. The van der Waals surface area contributed by atoms with Crippen LogP contribution in [0, 0.1) is 11.6 Å². The first-order chi connectivity index (χ1) is 21.5. The van der Waals surface area contributed by atoms with Crippen LogP contribution in [0.25, 0.3) is 0 Å². The maximum Gasteiger partial charge on any atom is 0.251 e. The summed E-state index contributed by atoms with van der Waals surface area (Å²) in [5, 5.41) is 2.79. The molecule has 1 aromatic heterocycles. The van der Waals surface area contributed by atoms with Crippen LogP contribution >= 0.6 is 34.4 Å². The summed E-state index contributed by atoms with van der Waals surface area (Å²) < 4.78 is 42.3. The van der Waals surface area contributed by atoms with Crippen LogP contribution in [0.1, 0.15) is 92.3 Å². The van der Waals surface area contributed by atoms with E-state index >= 15 is 8.78 Å². The molecule has 1 aliphatic rings. The van der Waals surface area contributed by atoms with Gasteiger partial charge in [0.1, 0.15) is 23.1 Å². The lowest BCUT2D eigenvalue weighted by Gasteiger charge is -2.29. The van der Waals surface area contributed by atoms with E-state index in [9.17, 15) is 9.59 Å². The number of furan rings is 1. The molecule has 0 spiro atoms. The molecule has 0 unspecified atom stereocenters. The minimum absolute atomic E-state index is 0.105. The van der Waals surface area contributed by atoms with Gasteiger partial charge in [-0.05, 0) is 47.6 Å². The molecule has 3 aromatic rings. The van der Waals surface area contributed by atoms with Gasteiger partial charge in [0, 0.05) is 28.2 Å². The van der Waals surface area contributed by atoms with Crippen molar-refractivity contribution >= 4 is 51.9 Å². The van der Waals surface area contributed by atoms with Crippen LogP contribution in [0.4, 0.5) is 14.5 Å². The summed E-state index contributed by atoms with van der Waals surface area (Å²) in [5.41, 5.74) is 0.734. The van der Waals surface area contributed by atoms with Gasteiger partial charge >= 0.3 is 0 Å². The van der Waals surface area contributed by atoms with Gasteiger partial charge in [-0.2, -0.15) is 0 Å². The Bertz CT molecular complexity index is 1330. The number of ether oxygens (including phenoxy) is 1. The number of carbonyl (C=O) groups excluding carboxylic acids is 2. The van der Waals surface area contributed by atoms with Crippen molar-refractivity contribution in [2.24, 2.45) is 0 Å². The van der Waals surface area contributed by atoms with Gasteiger partial charge in [0.2, 0.25) is 5.91 Å². The number of alkyl halides is 1. The Morgan fingerprint density at radius 3 is 2.23 bits per heavy atom. The number of halogens is 3. The molecule has 0 saturated carbocycles. The molecular formula is C34H41F2IN2O4S. The molecule has 0 saturated heterocycles. The van der Waals surface area contributed by atoms with Crippen molar-refractivity contribution in [3.8, 4) is 5.75 Å². The van der Waals surface area contributed by atoms with Crippen molar-refractivity contribution in [3.63, 3.8) is 0 Å². The van der Waals surface area contributed by atoms with Crippen LogP contribution in [0.15, 0.2) is 58.0 Å². The molecule has 0 aliphatic carbocycles. The summed E-state index contributed by atoms with van der Waals surface area (Å²) in [4.78, 5) is 27.5. The summed E-state index contributed by atoms with van der Waals surface area (Å²) >= 11 is 3.73. The number of amides is 2. The third kappa shape index (κ3) is 10.5. The standard InChI is InChI=1S/C34H41F2IN2O4S/c35-29-20-27(43-17-11-9-7-5-3-1-2-4-6-8-10-16-37)21-30(36)28(29)23-39-31-15-14-25(19-32(31)44-24-33(39)40)34(41)38-22-26-13-12-18-42-26/h12-15,18-21H,1-11,16-17,22-24H2,(H,38,41). The van der Waals surface area contributed by atoms with E-state index < -0.39 is 11.6 Å². The number of hydrogen-bond acceptors (Lipinski definition) is 5. The van der Waals surface area contributed by atoms with Crippen LogP contribution in [-0.4, -0.2) is 28.6 Å². The second kappa shape index (κ2) is 18.4. The van der Waals surface area contributed by atoms with Crippen molar-refractivity contribution in [1.82, 2.24) is 5.32 Å². The summed E-state index contributed by atoms with van der Waals surface area (Å²) in [6.45, 7) is 0.395. The molecule has 6 nitrogen and oxygen atoms in total. The lowest BCUT2D eigenvalue weighted by Crippen LogP contribution is -2.35. The predicted octanol–water partition coefficient (Wildman–Crippen LogP) is 9.23. The Morgan fingerprint density at radius 2 is 1.59 bits per heavy atom. The summed E-state index contributed by atoms with van der Waals surface area (Å²) in [7, 11) is 0. The number of fused-ring (bicyclic) bond motifs is 1. The maximum atomic E-state index is 15.1. The Kier molecular flexibility index (Phi) is 14.3. The molecule has 0 fully saturated rings. The zero-order valence-electron chi connectivity index (χ0n) is 25.1. The van der Waals surface area contributed by atoms with Crippen LogP contribution in [-0.2, 0) is 17.9 Å². The number of carbonyl (C=O) groups is 2. The van der Waals surface area contributed by atoms with Gasteiger partial charge in [0.25, 0.3) is 5.91 Å². The fourth-order valence-corrected chi connectivity index (χ4v) is 6.66. The van der Waals surface area contributed by atoms with Gasteiger partial charge in [0.05, 0.1) is 37.4 Å². The van der Waals surface area contributed by atoms with Crippen molar-refractivity contribution in [2.75, 3.05) is 21.7 Å². The minimum Gasteiger partial charge on any atom is -0.493 e. The number of nitrogens with one attached hydrogen (secondary N) is 1. The lowest BCUT2D eigenvalue weighted by atomic mass is 10.1. The van der Waals surface area contributed by atoms with Gasteiger partial charge in [-0.15, -0.1) is 11.8 Å². The molecule has 44 heavy (non-hydrogen) atoms. The van der Waals surface area contributed by atoms with E-state index in [0.717, 1.165) is 19.3 Å². The number of benzene rings is 2. The van der Waals surface area contributed by atoms with Crippen LogP contribution in [0.2, 0.25) is 0 Å². The predicted molar refractivity (Wildman–Crippen MR) is 180 cm³/mol. The zero-order valence-corrected chi connectivity index (χ0v) is 28.0. The van der Waals surface area contributed by atoms with Crippen LogP contribution in [0.5, 0.6) is 5.75 Å². The fraction of sp³-hybridized carbons (Fsp3) is 0.471. The second-order valence-electron chi connectivity index (χ2n) is 11.0. The molecule has 0 bridgehead atoms. The molecule has 0 radical (unpaired) electrons. The van der Waals surface area contributed by atoms with E-state index in [2.05, 4.69) is 27.9 Å². The number of thioether (sulfide) groups is 1. The van der Waals surface area contributed by atoms with Gasteiger partial charge in [-0.3, -0.25) is 9.59 Å². The topological polar surface area (TPSA) is 71.8 Å². The van der Waals surface area contributed by atoms with Crippen LogP contribution in [0.3, 0.4) is 0 Å². The maximum absolute atomic E-state index is 15.1. The zero-order chi connectivity index (χ0) is 31.1. The Balaban J connectivity index is 1.23. The Morgan fingerprint density at radius 1 is 0.932 bits per heavy atom. The highest BCUT2D eigenvalue weighted by Gasteiger charge is 2.28. The molecule has 0 atom stereocenters. The van der Waals surface area contributed by atoms with E-state index in [0.29, 0.717) is 28.5 Å². The van der Waals surface area contributed by atoms with Gasteiger partial charge in [-0.1, -0.05) is 80.4 Å². The van der Waals surface area contributed by atoms with Gasteiger partial charge in [-0.25, -0.2) is 8.78 Å². The van der Waals surface area contributed by atoms with Crippen molar-refractivity contribution in [3.05, 3.63) is 77.2 Å². The van der Waals surface area contributed by atoms with E-state index in [1.807, 2.05) is 0 Å². The highest BCUT2D eigenvalue weighted by Crippen LogP contribution is 2.37. The van der Waals surface area contributed by atoms with E-state index in [1.54, 1.807) is 30.3 Å². The Labute approximate surface area is 276 Å². The molecule has 238 valence electrons. The highest BCUT2D eigenvalue weighted by molar-refractivity contribution is 14.1. The highest BCUT2D eigenvalue weighted by atomic mass is 127. The molecule has 1 N–H and O–H groups in total. The van der Waals surface area contributed by atoms with E-state index in [-0.39, 0.29) is 42.0 Å². The normalized spacial score (nSPS) is 12.8. The fourth-order valence-electron chi connectivity index (χ4n) is 5.15. The third-order valence-electron chi connectivity index (χ3n) is 7.65. The van der Waals surface area contributed by atoms with Crippen molar-refractivity contribution < 1.29 is 27.5 Å². The largest absolute Gasteiger partial charge is 0.493 e. The van der Waals surface area contributed by atoms with Crippen molar-refractivity contribution in [1.29, 1.82) is 0 Å². The molecule has 2 heterocycles. The smallest absolute Gasteiger partial charge is 0.251 e. The summed E-state index contributed by atoms with van der Waals surface area (Å²) in [6.07, 6.45) is 15.0. The van der Waals surface area contributed by atoms with Crippen LogP contribution < -0.4 is 15.0 Å². The summed E-state index contributed by atoms with van der Waals surface area (Å²) in [5.74, 6) is -1.17. The summed E-state index contributed by atoms with van der Waals surface area (Å²) in [6, 6.07) is 10.8. The molecule has 2 amide bonds. The van der Waals surface area contributed by atoms with Crippen molar-refractivity contribution in [2.45, 2.75) is 88.6 Å².